The van der Waals surface area contributed by atoms with Gasteiger partial charge in [0.05, 0.1) is 11.6 Å². The third-order valence-corrected chi connectivity index (χ3v) is 6.42. The molecule has 3 aromatic carbocycles. The molecule has 0 saturated carbocycles. The van der Waals surface area contributed by atoms with Gasteiger partial charge in [0.1, 0.15) is 5.82 Å². The Morgan fingerprint density at radius 2 is 1.72 bits per heavy atom. The Bertz CT molecular complexity index is 1350. The molecule has 0 bridgehead atoms. The van der Waals surface area contributed by atoms with Crippen molar-refractivity contribution in [2.24, 2.45) is 0 Å². The van der Waals surface area contributed by atoms with Gasteiger partial charge in [0.15, 0.2) is 11.0 Å². The number of aryl methyl sites for hydroxylation is 1. The van der Waals surface area contributed by atoms with Gasteiger partial charge >= 0.3 is 6.18 Å². The molecule has 0 aliphatic heterocycles. The van der Waals surface area contributed by atoms with E-state index in [1.165, 1.54) is 36.0 Å². The molecule has 0 aliphatic rings. The Labute approximate surface area is 209 Å². The Hall–Kier alpha value is -3.66. The smallest absolute Gasteiger partial charge is 0.342 e. The van der Waals surface area contributed by atoms with Crippen molar-refractivity contribution in [3.8, 4) is 5.69 Å². The van der Waals surface area contributed by atoms with Gasteiger partial charge in [0.2, 0.25) is 0 Å². The summed E-state index contributed by atoms with van der Waals surface area (Å²) in [6.45, 7) is 3.65. The van der Waals surface area contributed by atoms with E-state index in [4.69, 9.17) is 0 Å². The Kier molecular flexibility index (Phi) is 7.44. The van der Waals surface area contributed by atoms with Gasteiger partial charge in [-0.15, -0.1) is 10.2 Å². The quantitative estimate of drug-likeness (QED) is 0.225. The number of thioether (sulfide) groups is 1. The summed E-state index contributed by atoms with van der Waals surface area (Å²) in [6.07, 6.45) is -4.55. The van der Waals surface area contributed by atoms with Crippen LogP contribution < -0.4 is 5.32 Å². The molecular weight excluding hydrogens is 492 g/mol. The second kappa shape index (κ2) is 10.5. The molecule has 1 unspecified atom stereocenters. The number of carbonyl (C=O) groups is 1. The van der Waals surface area contributed by atoms with Gasteiger partial charge in [0.25, 0.3) is 5.91 Å². The number of hydrogen-bond donors (Lipinski definition) is 1. The van der Waals surface area contributed by atoms with Crippen molar-refractivity contribution in [2.45, 2.75) is 37.0 Å². The van der Waals surface area contributed by atoms with Crippen molar-refractivity contribution in [2.75, 3.05) is 0 Å². The van der Waals surface area contributed by atoms with Crippen LogP contribution in [0.4, 0.5) is 17.6 Å². The number of rotatable bonds is 7. The van der Waals surface area contributed by atoms with Crippen LogP contribution in [0.25, 0.3) is 5.69 Å². The van der Waals surface area contributed by atoms with Crippen molar-refractivity contribution in [3.05, 3.63) is 107 Å². The molecule has 0 spiro atoms. The molecule has 1 atom stereocenters. The molecule has 186 valence electrons. The zero-order chi connectivity index (χ0) is 25.9. The van der Waals surface area contributed by atoms with Crippen LogP contribution in [0.5, 0.6) is 0 Å². The average Bonchev–Trinajstić information content (AvgIpc) is 3.28. The van der Waals surface area contributed by atoms with E-state index >= 15 is 0 Å². The molecular formula is C26H22F4N4OS. The second-order valence-corrected chi connectivity index (χ2v) is 9.14. The lowest BCUT2D eigenvalue weighted by Gasteiger charge is -2.17. The number of carbonyl (C=O) groups excluding carboxylic acids is 1. The van der Waals surface area contributed by atoms with Crippen molar-refractivity contribution >= 4 is 17.7 Å². The molecule has 1 amide bonds. The van der Waals surface area contributed by atoms with Gasteiger partial charge in [-0.2, -0.15) is 13.2 Å². The monoisotopic (exact) mass is 514 g/mol. The van der Waals surface area contributed by atoms with E-state index in [-0.39, 0.29) is 11.4 Å². The topological polar surface area (TPSA) is 59.8 Å². The number of nitrogens with one attached hydrogen (secondary N) is 1. The predicted octanol–water partition coefficient (Wildman–Crippen LogP) is 6.52. The highest BCUT2D eigenvalue weighted by Crippen LogP contribution is 2.30. The molecule has 1 heterocycles. The van der Waals surface area contributed by atoms with E-state index in [0.29, 0.717) is 16.7 Å². The summed E-state index contributed by atoms with van der Waals surface area (Å²) >= 11 is 1.39. The molecule has 4 rings (SSSR count). The number of nitrogens with zero attached hydrogens (tertiary/aromatic N) is 3. The maximum absolute atomic E-state index is 13.2. The van der Waals surface area contributed by atoms with Crippen LogP contribution in [0.1, 0.15) is 45.8 Å². The molecule has 0 radical (unpaired) electrons. The lowest BCUT2D eigenvalue weighted by Crippen LogP contribution is -2.29. The van der Waals surface area contributed by atoms with Gasteiger partial charge in [-0.25, -0.2) is 4.39 Å². The summed E-state index contributed by atoms with van der Waals surface area (Å²) in [6, 6.07) is 17.4. The number of benzene rings is 3. The summed E-state index contributed by atoms with van der Waals surface area (Å²) in [5.74, 6) is -0.0533. The van der Waals surface area contributed by atoms with Crippen LogP contribution in [0.3, 0.4) is 0 Å². The highest BCUT2D eigenvalue weighted by molar-refractivity contribution is 7.98. The summed E-state index contributed by atoms with van der Waals surface area (Å²) in [4.78, 5) is 12.8. The lowest BCUT2D eigenvalue weighted by atomic mass is 10.1. The van der Waals surface area contributed by atoms with Crippen molar-refractivity contribution < 1.29 is 22.4 Å². The summed E-state index contributed by atoms with van der Waals surface area (Å²) in [7, 11) is 0. The van der Waals surface area contributed by atoms with Gasteiger partial charge in [0, 0.05) is 17.0 Å². The summed E-state index contributed by atoms with van der Waals surface area (Å²) in [5.41, 5.74) is 1.71. The number of hydrogen-bond acceptors (Lipinski definition) is 4. The minimum Gasteiger partial charge on any atom is -0.342 e. The first-order valence-corrected chi connectivity index (χ1v) is 12.0. The van der Waals surface area contributed by atoms with Crippen molar-refractivity contribution in [3.63, 3.8) is 0 Å². The van der Waals surface area contributed by atoms with Crippen molar-refractivity contribution in [1.29, 1.82) is 0 Å². The predicted molar refractivity (Wildman–Crippen MR) is 129 cm³/mol. The molecule has 0 aliphatic carbocycles. The van der Waals surface area contributed by atoms with E-state index in [0.717, 1.165) is 28.9 Å². The van der Waals surface area contributed by atoms with Gasteiger partial charge in [-0.3, -0.25) is 9.36 Å². The molecule has 36 heavy (non-hydrogen) atoms. The highest BCUT2D eigenvalue weighted by Gasteiger charge is 2.31. The number of alkyl halides is 3. The Balaban J connectivity index is 1.61. The van der Waals surface area contributed by atoms with E-state index in [1.807, 2.05) is 31.2 Å². The normalized spacial score (nSPS) is 12.4. The fourth-order valence-corrected chi connectivity index (χ4v) is 4.42. The van der Waals surface area contributed by atoms with Crippen LogP contribution in [0, 0.1) is 12.7 Å². The van der Waals surface area contributed by atoms with E-state index in [9.17, 15) is 22.4 Å². The standard InChI is InChI=1S/C26H22F4N4OS/c1-16-6-12-22(13-7-16)34-23(32-33-25(34)36-15-18-8-10-21(27)11-9-18)17(2)31-24(35)19-4-3-5-20(14-19)26(28,29)30/h3-14,17H,15H2,1-2H3,(H,31,35). The van der Waals surface area contributed by atoms with E-state index < -0.39 is 23.7 Å². The Morgan fingerprint density at radius 1 is 1.03 bits per heavy atom. The van der Waals surface area contributed by atoms with Gasteiger partial charge in [-0.1, -0.05) is 47.7 Å². The minimum atomic E-state index is -4.55. The van der Waals surface area contributed by atoms with Gasteiger partial charge in [-0.05, 0) is 61.9 Å². The molecule has 10 heteroatoms. The van der Waals surface area contributed by atoms with E-state index in [2.05, 4.69) is 15.5 Å². The lowest BCUT2D eigenvalue weighted by molar-refractivity contribution is -0.137. The first kappa shape index (κ1) is 25.4. The third-order valence-electron chi connectivity index (χ3n) is 5.42. The number of amides is 1. The third kappa shape index (κ3) is 5.93. The fourth-order valence-electron chi connectivity index (χ4n) is 3.50. The molecule has 1 N–H and O–H groups in total. The zero-order valence-electron chi connectivity index (χ0n) is 19.4. The minimum absolute atomic E-state index is 0.107. The molecule has 0 fully saturated rings. The fraction of sp³-hybridized carbons (Fsp3) is 0.192. The SMILES string of the molecule is Cc1ccc(-n2c(SCc3ccc(F)cc3)nnc2C(C)NC(=O)c2cccc(C(F)(F)F)c2)cc1. The van der Waals surface area contributed by atoms with Crippen LogP contribution in [0.2, 0.25) is 0 Å². The van der Waals surface area contributed by atoms with E-state index in [1.54, 1.807) is 23.6 Å². The van der Waals surface area contributed by atoms with Crippen LogP contribution >= 0.6 is 11.8 Å². The maximum Gasteiger partial charge on any atom is 0.416 e. The zero-order valence-corrected chi connectivity index (χ0v) is 20.2. The number of halogens is 4. The first-order valence-electron chi connectivity index (χ1n) is 11.0. The molecule has 5 nitrogen and oxygen atoms in total. The Morgan fingerprint density at radius 3 is 2.39 bits per heavy atom. The average molecular weight is 515 g/mol. The van der Waals surface area contributed by atoms with Crippen molar-refractivity contribution in [1.82, 2.24) is 20.1 Å². The molecule has 4 aromatic rings. The highest BCUT2D eigenvalue weighted by atomic mass is 32.2. The number of aromatic nitrogens is 3. The van der Waals surface area contributed by atoms with Crippen LogP contribution in [0.15, 0.2) is 78.0 Å². The molecule has 1 aromatic heterocycles. The maximum atomic E-state index is 13.2. The second-order valence-electron chi connectivity index (χ2n) is 8.20. The summed E-state index contributed by atoms with van der Waals surface area (Å²) < 4.78 is 54.3. The summed E-state index contributed by atoms with van der Waals surface area (Å²) in [5, 5.41) is 11.9. The molecule has 0 saturated heterocycles. The van der Waals surface area contributed by atoms with Gasteiger partial charge < -0.3 is 5.32 Å². The van der Waals surface area contributed by atoms with Crippen LogP contribution in [-0.4, -0.2) is 20.7 Å². The van der Waals surface area contributed by atoms with Crippen LogP contribution in [-0.2, 0) is 11.9 Å². The largest absolute Gasteiger partial charge is 0.416 e. The first-order chi connectivity index (χ1) is 17.1.